The van der Waals surface area contributed by atoms with Gasteiger partial charge in [0.1, 0.15) is 11.9 Å². The normalized spacial score (nSPS) is 25.3. The Morgan fingerprint density at radius 3 is 2.82 bits per heavy atom. The van der Waals surface area contributed by atoms with E-state index in [0.717, 1.165) is 18.7 Å². The van der Waals surface area contributed by atoms with Gasteiger partial charge in [0.2, 0.25) is 0 Å². The number of hydrogen-bond acceptors (Lipinski definition) is 2. The van der Waals surface area contributed by atoms with E-state index < -0.39 is 0 Å². The summed E-state index contributed by atoms with van der Waals surface area (Å²) in [4.78, 5) is 0. The number of hydrogen-bond donors (Lipinski definition) is 1. The first-order chi connectivity index (χ1) is 8.29. The highest BCUT2D eigenvalue weighted by Gasteiger charge is 2.24. The third-order valence-electron chi connectivity index (χ3n) is 3.67. The minimum Gasteiger partial charge on any atom is -0.490 e. The summed E-state index contributed by atoms with van der Waals surface area (Å²) in [5.74, 6) is 1.52. The molecular formula is C15H23NO. The van der Waals surface area contributed by atoms with Gasteiger partial charge < -0.3 is 10.5 Å². The minimum atomic E-state index is 0.310. The highest BCUT2D eigenvalue weighted by Crippen LogP contribution is 2.27. The monoisotopic (exact) mass is 233 g/mol. The van der Waals surface area contributed by atoms with Crippen LogP contribution in [0.2, 0.25) is 0 Å². The van der Waals surface area contributed by atoms with Gasteiger partial charge in [-0.2, -0.15) is 0 Å². The second kappa shape index (κ2) is 6.06. The lowest BCUT2D eigenvalue weighted by Gasteiger charge is -2.25. The molecule has 2 N–H and O–H groups in total. The molecule has 1 aliphatic rings. The number of ether oxygens (including phenoxy) is 1. The van der Waals surface area contributed by atoms with Crippen molar-refractivity contribution in [2.45, 2.75) is 45.1 Å². The number of nitrogens with two attached hydrogens (primary N) is 1. The van der Waals surface area contributed by atoms with Gasteiger partial charge in [-0.15, -0.1) is 0 Å². The second-order valence-electron chi connectivity index (χ2n) is 5.11. The van der Waals surface area contributed by atoms with Crippen molar-refractivity contribution in [1.29, 1.82) is 0 Å². The first-order valence-corrected chi connectivity index (χ1v) is 6.73. The zero-order valence-electron chi connectivity index (χ0n) is 10.7. The molecule has 17 heavy (non-hydrogen) atoms. The highest BCUT2D eigenvalue weighted by molar-refractivity contribution is 5.27. The predicted molar refractivity (Wildman–Crippen MR) is 71.2 cm³/mol. The third-order valence-corrected chi connectivity index (χ3v) is 3.67. The number of rotatable bonds is 3. The molecule has 1 aliphatic carbocycles. The van der Waals surface area contributed by atoms with Gasteiger partial charge >= 0.3 is 0 Å². The molecule has 0 aromatic heterocycles. The van der Waals surface area contributed by atoms with E-state index in [-0.39, 0.29) is 0 Å². The maximum absolute atomic E-state index is 6.14. The zero-order chi connectivity index (χ0) is 12.1. The van der Waals surface area contributed by atoms with Crippen LogP contribution in [0.3, 0.4) is 0 Å². The largest absolute Gasteiger partial charge is 0.490 e. The summed E-state index contributed by atoms with van der Waals surface area (Å²) >= 11 is 0. The molecule has 1 fully saturated rings. The van der Waals surface area contributed by atoms with Gasteiger partial charge in [0.15, 0.2) is 0 Å². The first-order valence-electron chi connectivity index (χ1n) is 6.73. The summed E-state index contributed by atoms with van der Waals surface area (Å²) < 4.78 is 6.14. The van der Waals surface area contributed by atoms with E-state index in [1.54, 1.807) is 0 Å². The molecule has 0 aliphatic heterocycles. The Morgan fingerprint density at radius 1 is 1.24 bits per heavy atom. The van der Waals surface area contributed by atoms with E-state index in [4.69, 9.17) is 10.5 Å². The van der Waals surface area contributed by atoms with E-state index in [1.807, 2.05) is 6.07 Å². The average molecular weight is 233 g/mol. The van der Waals surface area contributed by atoms with E-state index in [0.29, 0.717) is 12.0 Å². The molecule has 1 aromatic rings. The van der Waals surface area contributed by atoms with Crippen LogP contribution in [0.15, 0.2) is 24.3 Å². The smallest absolute Gasteiger partial charge is 0.119 e. The minimum absolute atomic E-state index is 0.310. The van der Waals surface area contributed by atoms with Crippen molar-refractivity contribution in [3.8, 4) is 5.75 Å². The van der Waals surface area contributed by atoms with Crippen molar-refractivity contribution < 1.29 is 4.74 Å². The van der Waals surface area contributed by atoms with Crippen molar-refractivity contribution in [3.63, 3.8) is 0 Å². The molecule has 94 valence electrons. The van der Waals surface area contributed by atoms with Crippen LogP contribution in [0.5, 0.6) is 5.75 Å². The molecule has 0 spiro atoms. The Balaban J connectivity index is 2.04. The molecule has 2 rings (SSSR count). The van der Waals surface area contributed by atoms with Crippen LogP contribution in [0, 0.1) is 12.8 Å². The fraction of sp³-hybridized carbons (Fsp3) is 0.600. The predicted octanol–water partition coefficient (Wildman–Crippen LogP) is 3.28. The summed E-state index contributed by atoms with van der Waals surface area (Å²) in [6.45, 7) is 2.84. The molecule has 0 radical (unpaired) electrons. The van der Waals surface area contributed by atoms with Crippen LogP contribution in [0.4, 0.5) is 0 Å². The SMILES string of the molecule is Cc1cccc(OC2CCCCCC2CN)c1. The van der Waals surface area contributed by atoms with Crippen molar-refractivity contribution in [2.75, 3.05) is 6.54 Å². The van der Waals surface area contributed by atoms with Crippen molar-refractivity contribution in [1.82, 2.24) is 0 Å². The van der Waals surface area contributed by atoms with Crippen LogP contribution in [0.1, 0.15) is 37.7 Å². The lowest BCUT2D eigenvalue weighted by Crippen LogP contribution is -2.31. The summed E-state index contributed by atoms with van der Waals surface area (Å²) in [5, 5.41) is 0. The quantitative estimate of drug-likeness (QED) is 0.813. The third kappa shape index (κ3) is 3.47. The summed E-state index contributed by atoms with van der Waals surface area (Å²) in [6.07, 6.45) is 6.57. The van der Waals surface area contributed by atoms with Gasteiger partial charge in [0.25, 0.3) is 0 Å². The molecule has 2 nitrogen and oxygen atoms in total. The fourth-order valence-electron chi connectivity index (χ4n) is 2.64. The Labute approximate surface area is 104 Å². The molecule has 0 bridgehead atoms. The van der Waals surface area contributed by atoms with Gasteiger partial charge in [-0.1, -0.05) is 25.0 Å². The molecular weight excluding hydrogens is 210 g/mol. The van der Waals surface area contributed by atoms with Crippen LogP contribution in [0.25, 0.3) is 0 Å². The molecule has 0 heterocycles. The highest BCUT2D eigenvalue weighted by atomic mass is 16.5. The second-order valence-corrected chi connectivity index (χ2v) is 5.11. The Kier molecular flexibility index (Phi) is 4.43. The fourth-order valence-corrected chi connectivity index (χ4v) is 2.64. The van der Waals surface area contributed by atoms with Crippen molar-refractivity contribution in [3.05, 3.63) is 29.8 Å². The maximum Gasteiger partial charge on any atom is 0.119 e. The molecule has 2 atom stereocenters. The maximum atomic E-state index is 6.14. The first kappa shape index (κ1) is 12.4. The number of benzene rings is 1. The molecule has 1 saturated carbocycles. The van der Waals surface area contributed by atoms with Gasteiger partial charge in [0.05, 0.1) is 0 Å². The molecule has 0 saturated heterocycles. The van der Waals surface area contributed by atoms with Crippen LogP contribution >= 0.6 is 0 Å². The van der Waals surface area contributed by atoms with E-state index in [9.17, 15) is 0 Å². The van der Waals surface area contributed by atoms with Crippen molar-refractivity contribution in [2.24, 2.45) is 11.7 Å². The Morgan fingerprint density at radius 2 is 2.06 bits per heavy atom. The van der Waals surface area contributed by atoms with Crippen LogP contribution in [-0.4, -0.2) is 12.6 Å². The standard InChI is InChI=1S/C15H23NO/c1-12-6-5-8-14(10-12)17-15-9-4-2-3-7-13(15)11-16/h5-6,8,10,13,15H,2-4,7,9,11,16H2,1H3. The average Bonchev–Trinajstić information content (AvgIpc) is 2.54. The zero-order valence-corrected chi connectivity index (χ0v) is 10.7. The number of aryl methyl sites for hydroxylation is 1. The molecule has 2 unspecified atom stereocenters. The Bertz CT molecular complexity index is 351. The van der Waals surface area contributed by atoms with Crippen LogP contribution < -0.4 is 10.5 Å². The topological polar surface area (TPSA) is 35.2 Å². The summed E-state index contributed by atoms with van der Waals surface area (Å²) in [6, 6.07) is 8.31. The lowest BCUT2D eigenvalue weighted by molar-refractivity contribution is 0.129. The summed E-state index contributed by atoms with van der Waals surface area (Å²) in [7, 11) is 0. The van der Waals surface area contributed by atoms with Crippen molar-refractivity contribution >= 4 is 0 Å². The summed E-state index contributed by atoms with van der Waals surface area (Å²) in [5.41, 5.74) is 7.12. The van der Waals surface area contributed by atoms with Gasteiger partial charge in [-0.3, -0.25) is 0 Å². The van der Waals surface area contributed by atoms with Crippen LogP contribution in [-0.2, 0) is 0 Å². The van der Waals surface area contributed by atoms with E-state index in [1.165, 1.54) is 31.2 Å². The molecule has 2 heteroatoms. The van der Waals surface area contributed by atoms with Gasteiger partial charge in [-0.25, -0.2) is 0 Å². The molecule has 1 aromatic carbocycles. The van der Waals surface area contributed by atoms with Gasteiger partial charge in [-0.05, 0) is 50.4 Å². The Hall–Kier alpha value is -1.02. The van der Waals surface area contributed by atoms with Gasteiger partial charge in [0, 0.05) is 5.92 Å². The molecule has 0 amide bonds. The van der Waals surface area contributed by atoms with E-state index >= 15 is 0 Å². The van der Waals surface area contributed by atoms with E-state index in [2.05, 4.69) is 25.1 Å². The lowest BCUT2D eigenvalue weighted by atomic mass is 9.97.